The Balaban J connectivity index is 2.46. The van der Waals surface area contributed by atoms with Crippen LogP contribution in [0.3, 0.4) is 0 Å². The molecule has 1 N–H and O–H groups in total. The van der Waals surface area contributed by atoms with Gasteiger partial charge in [0.1, 0.15) is 0 Å². The predicted molar refractivity (Wildman–Crippen MR) is 21.5 cm³/mol. The first-order chi connectivity index (χ1) is 3.00. The van der Waals surface area contributed by atoms with E-state index in [0.29, 0.717) is 6.73 Å². The van der Waals surface area contributed by atoms with Crippen molar-refractivity contribution in [3.8, 4) is 0 Å². The monoisotopic (exact) mass is 85.0 g/mol. The second-order valence-electron chi connectivity index (χ2n) is 0.899. The zero-order valence-corrected chi connectivity index (χ0v) is 3.22. The summed E-state index contributed by atoms with van der Waals surface area (Å²) in [6.07, 6.45) is 2.99. The van der Waals surface area contributed by atoms with Crippen LogP contribution in [0.5, 0.6) is 0 Å². The summed E-state index contributed by atoms with van der Waals surface area (Å²) < 4.78 is 4.64. The van der Waals surface area contributed by atoms with E-state index >= 15 is 0 Å². The molecule has 0 radical (unpaired) electrons. The molecule has 0 aliphatic carbocycles. The van der Waals surface area contributed by atoms with E-state index in [1.54, 1.807) is 6.34 Å². The quantitative estimate of drug-likeness (QED) is 0.367. The third-order valence-electron chi connectivity index (χ3n) is 0.468. The van der Waals surface area contributed by atoms with Crippen molar-refractivity contribution in [3.05, 3.63) is 0 Å². The zero-order chi connectivity index (χ0) is 4.24. The topological polar surface area (TPSA) is 35.6 Å². The summed E-state index contributed by atoms with van der Waals surface area (Å²) in [4.78, 5) is 6.33. The Bertz CT molecular complexity index is 74.8. The minimum Gasteiger partial charge on any atom is -0.425 e. The molecule has 0 unspecified atom stereocenters. The average Bonchev–Trinajstić information content (AvgIpc) is 1.72. The van der Waals surface area contributed by atoms with Crippen LogP contribution in [-0.4, -0.2) is 19.5 Å². The maximum atomic E-state index is 4.64. The molecule has 0 saturated heterocycles. The highest BCUT2D eigenvalue weighted by molar-refractivity contribution is 5.64. The molecule has 0 fully saturated rings. The van der Waals surface area contributed by atoms with E-state index in [2.05, 4.69) is 14.7 Å². The molecule has 1 heterocycles. The largest absolute Gasteiger partial charge is 0.425 e. The van der Waals surface area contributed by atoms with Crippen LogP contribution in [-0.2, 0) is 4.74 Å². The van der Waals surface area contributed by atoms with E-state index < -0.39 is 0 Å². The van der Waals surface area contributed by atoms with Gasteiger partial charge in [-0.3, -0.25) is 0 Å². The summed E-state index contributed by atoms with van der Waals surface area (Å²) in [5.74, 6) is 0. The highest BCUT2D eigenvalue weighted by atomic mass is 16.5. The molecule has 0 bridgehead atoms. The van der Waals surface area contributed by atoms with Gasteiger partial charge in [0.25, 0.3) is 12.7 Å². The number of hydrogen-bond donors (Lipinski definition) is 1. The van der Waals surface area contributed by atoms with Gasteiger partial charge in [-0.15, -0.1) is 0 Å². The molecule has 0 aromatic heterocycles. The Morgan fingerprint density at radius 3 is 3.00 bits per heavy atom. The van der Waals surface area contributed by atoms with Gasteiger partial charge in [-0.1, -0.05) is 0 Å². The second kappa shape index (κ2) is 1.55. The number of hydrogen-bond acceptors (Lipinski definition) is 2. The zero-order valence-electron chi connectivity index (χ0n) is 3.22. The van der Waals surface area contributed by atoms with Crippen molar-refractivity contribution in [2.75, 3.05) is 6.73 Å². The molecule has 32 valence electrons. The molecule has 0 saturated carbocycles. The molecule has 3 nitrogen and oxygen atoms in total. The van der Waals surface area contributed by atoms with Crippen molar-refractivity contribution < 1.29 is 9.73 Å². The summed E-state index contributed by atoms with van der Waals surface area (Å²) in [6, 6.07) is 0. The van der Waals surface area contributed by atoms with Gasteiger partial charge >= 0.3 is 0 Å². The lowest BCUT2D eigenvalue weighted by atomic mass is 11.1. The van der Waals surface area contributed by atoms with Gasteiger partial charge in [0.15, 0.2) is 0 Å². The van der Waals surface area contributed by atoms with E-state index in [-0.39, 0.29) is 0 Å². The highest BCUT2D eigenvalue weighted by Crippen LogP contribution is 1.57. The third kappa shape index (κ3) is 0.544. The SMILES string of the molecule is C1=NC=[NH+]CO1. The Kier molecular flexibility index (Phi) is 0.859. The maximum absolute atomic E-state index is 4.64. The van der Waals surface area contributed by atoms with Crippen molar-refractivity contribution in [2.24, 2.45) is 4.99 Å². The minimum absolute atomic E-state index is 0.545. The average molecular weight is 85.1 g/mol. The van der Waals surface area contributed by atoms with Gasteiger partial charge in [0.2, 0.25) is 6.73 Å². The molecule has 0 spiro atoms. The maximum Gasteiger partial charge on any atom is 0.292 e. The molecule has 0 aromatic rings. The van der Waals surface area contributed by atoms with Crippen LogP contribution in [0.4, 0.5) is 0 Å². The lowest BCUT2D eigenvalue weighted by Gasteiger charge is -1.86. The summed E-state index contributed by atoms with van der Waals surface area (Å²) in [6.45, 7) is 0.545. The number of ether oxygens (including phenoxy) is 1. The molecule has 1 rings (SSSR count). The van der Waals surface area contributed by atoms with E-state index in [0.717, 1.165) is 0 Å². The molecule has 3 heteroatoms. The first-order valence-electron chi connectivity index (χ1n) is 1.68. The van der Waals surface area contributed by atoms with Crippen molar-refractivity contribution in [1.29, 1.82) is 0 Å². The summed E-state index contributed by atoms with van der Waals surface area (Å²) in [5, 5.41) is 0. The van der Waals surface area contributed by atoms with Crippen LogP contribution < -0.4 is 4.99 Å². The lowest BCUT2D eigenvalue weighted by molar-refractivity contribution is -0.495. The predicted octanol–water partition coefficient (Wildman–Crippen LogP) is -1.89. The van der Waals surface area contributed by atoms with E-state index in [1.165, 1.54) is 6.40 Å². The van der Waals surface area contributed by atoms with Crippen LogP contribution in [0.15, 0.2) is 4.99 Å². The molecule has 0 aromatic carbocycles. The van der Waals surface area contributed by atoms with Gasteiger partial charge in [0.05, 0.1) is 0 Å². The summed E-state index contributed by atoms with van der Waals surface area (Å²) in [7, 11) is 0. The smallest absolute Gasteiger partial charge is 0.292 e. The molecule has 1 aliphatic rings. The summed E-state index contributed by atoms with van der Waals surface area (Å²) >= 11 is 0. The molecule has 1 aliphatic heterocycles. The van der Waals surface area contributed by atoms with Gasteiger partial charge < -0.3 is 4.74 Å². The Morgan fingerprint density at radius 1 is 1.83 bits per heavy atom. The molecule has 6 heavy (non-hydrogen) atoms. The Morgan fingerprint density at radius 2 is 2.83 bits per heavy atom. The van der Waals surface area contributed by atoms with Crippen LogP contribution >= 0.6 is 0 Å². The van der Waals surface area contributed by atoms with Crippen molar-refractivity contribution >= 4 is 12.7 Å². The van der Waals surface area contributed by atoms with E-state index in [1.807, 2.05) is 0 Å². The van der Waals surface area contributed by atoms with Gasteiger partial charge in [0, 0.05) is 0 Å². The molecule has 0 amide bonds. The van der Waals surface area contributed by atoms with E-state index in [9.17, 15) is 0 Å². The second-order valence-corrected chi connectivity index (χ2v) is 0.899. The van der Waals surface area contributed by atoms with Crippen molar-refractivity contribution in [3.63, 3.8) is 0 Å². The van der Waals surface area contributed by atoms with Crippen molar-refractivity contribution in [1.82, 2.24) is 0 Å². The van der Waals surface area contributed by atoms with Crippen molar-refractivity contribution in [2.45, 2.75) is 0 Å². The standard InChI is InChI=1S/C3H4N2O/c1-4-2-6-3-5-1/h1-2H,3H2/p+1. The number of aliphatic imine (C=N–C) groups is 1. The fourth-order valence-electron chi connectivity index (χ4n) is 0.249. The Hall–Kier alpha value is -0.860. The van der Waals surface area contributed by atoms with Gasteiger partial charge in [-0.2, -0.15) is 0 Å². The highest BCUT2D eigenvalue weighted by Gasteiger charge is 1.85. The van der Waals surface area contributed by atoms with Crippen LogP contribution in [0.25, 0.3) is 0 Å². The lowest BCUT2D eigenvalue weighted by Crippen LogP contribution is -2.70. The summed E-state index contributed by atoms with van der Waals surface area (Å²) in [5.41, 5.74) is 0. The van der Waals surface area contributed by atoms with Crippen LogP contribution in [0, 0.1) is 0 Å². The van der Waals surface area contributed by atoms with Gasteiger partial charge in [-0.25, -0.2) is 4.99 Å². The normalized spacial score (nSPS) is 17.3. The molecular formula is C3H5N2O+. The Labute approximate surface area is 35.4 Å². The van der Waals surface area contributed by atoms with E-state index in [4.69, 9.17) is 0 Å². The third-order valence-corrected chi connectivity index (χ3v) is 0.468. The molecule has 0 atom stereocenters. The number of rotatable bonds is 0. The minimum atomic E-state index is 0.545. The number of nitrogens with zero attached hydrogens (tertiary/aromatic N) is 1. The first kappa shape index (κ1) is 3.33. The fraction of sp³-hybridized carbons (Fsp3) is 0.333. The number of nitrogens with one attached hydrogen (secondary N) is 1. The van der Waals surface area contributed by atoms with Crippen LogP contribution in [0.2, 0.25) is 0 Å². The first-order valence-corrected chi connectivity index (χ1v) is 1.68. The van der Waals surface area contributed by atoms with Gasteiger partial charge in [-0.05, 0) is 4.99 Å². The molecular weight excluding hydrogens is 80.0 g/mol. The van der Waals surface area contributed by atoms with Crippen LogP contribution in [0.1, 0.15) is 0 Å². The fourth-order valence-corrected chi connectivity index (χ4v) is 0.249.